The maximum Gasteiger partial charge on any atom is 0.251 e. The van der Waals surface area contributed by atoms with Gasteiger partial charge in [-0.25, -0.2) is 13.2 Å². The average molecular weight is 272 g/mol. The van der Waals surface area contributed by atoms with Gasteiger partial charge < -0.3 is 10.6 Å². The smallest absolute Gasteiger partial charge is 0.251 e. The molecule has 3 nitrogen and oxygen atoms in total. The fraction of sp³-hybridized carbons (Fsp3) is 0.462. The molecule has 1 aliphatic heterocycles. The largest absolute Gasteiger partial charge is 0.352 e. The molecule has 2 rings (SSSR count). The van der Waals surface area contributed by atoms with Crippen LogP contribution in [0, 0.1) is 23.4 Å². The van der Waals surface area contributed by atoms with E-state index in [0.717, 1.165) is 25.9 Å². The van der Waals surface area contributed by atoms with Gasteiger partial charge in [-0.1, -0.05) is 0 Å². The van der Waals surface area contributed by atoms with Crippen LogP contribution in [0.2, 0.25) is 0 Å². The second-order valence-electron chi connectivity index (χ2n) is 4.68. The number of carbonyl (C=O) groups excluding carboxylic acids is 1. The molecule has 0 aliphatic carbocycles. The highest BCUT2D eigenvalue weighted by molar-refractivity contribution is 5.94. The van der Waals surface area contributed by atoms with Gasteiger partial charge in [0.1, 0.15) is 0 Å². The number of halogens is 3. The van der Waals surface area contributed by atoms with Crippen LogP contribution in [0.15, 0.2) is 12.1 Å². The fourth-order valence-corrected chi connectivity index (χ4v) is 2.12. The quantitative estimate of drug-likeness (QED) is 0.824. The molecule has 104 valence electrons. The Morgan fingerprint density at radius 2 is 2.00 bits per heavy atom. The molecule has 1 aliphatic rings. The molecule has 1 atom stereocenters. The van der Waals surface area contributed by atoms with Gasteiger partial charge in [-0.2, -0.15) is 0 Å². The molecule has 1 unspecified atom stereocenters. The molecule has 0 aromatic heterocycles. The van der Waals surface area contributed by atoms with E-state index in [1.165, 1.54) is 0 Å². The van der Waals surface area contributed by atoms with E-state index >= 15 is 0 Å². The Morgan fingerprint density at radius 1 is 1.32 bits per heavy atom. The van der Waals surface area contributed by atoms with Crippen molar-refractivity contribution in [2.75, 3.05) is 19.6 Å². The van der Waals surface area contributed by atoms with Crippen LogP contribution >= 0.6 is 0 Å². The first-order valence-electron chi connectivity index (χ1n) is 6.21. The summed E-state index contributed by atoms with van der Waals surface area (Å²) >= 11 is 0. The Labute approximate surface area is 109 Å². The zero-order valence-corrected chi connectivity index (χ0v) is 10.3. The van der Waals surface area contributed by atoms with Crippen LogP contribution in [0.4, 0.5) is 13.2 Å². The van der Waals surface area contributed by atoms with E-state index in [9.17, 15) is 18.0 Å². The van der Waals surface area contributed by atoms with Gasteiger partial charge in [-0.15, -0.1) is 0 Å². The number of rotatable bonds is 3. The summed E-state index contributed by atoms with van der Waals surface area (Å²) in [6, 6.07) is 1.40. The molecule has 2 N–H and O–H groups in total. The number of carbonyl (C=O) groups is 1. The first-order valence-corrected chi connectivity index (χ1v) is 6.21. The van der Waals surface area contributed by atoms with Crippen molar-refractivity contribution in [3.05, 3.63) is 35.1 Å². The summed E-state index contributed by atoms with van der Waals surface area (Å²) in [7, 11) is 0. The minimum absolute atomic E-state index is 0.208. The van der Waals surface area contributed by atoms with Crippen molar-refractivity contribution in [2.24, 2.45) is 5.92 Å². The summed E-state index contributed by atoms with van der Waals surface area (Å²) in [4.78, 5) is 11.7. The molecule has 0 spiro atoms. The van der Waals surface area contributed by atoms with Crippen molar-refractivity contribution in [1.29, 1.82) is 0 Å². The first-order chi connectivity index (χ1) is 9.08. The van der Waals surface area contributed by atoms with E-state index in [0.29, 0.717) is 24.6 Å². The van der Waals surface area contributed by atoms with Gasteiger partial charge in [-0.3, -0.25) is 4.79 Å². The molecule has 1 aromatic rings. The van der Waals surface area contributed by atoms with Gasteiger partial charge in [0.2, 0.25) is 0 Å². The van der Waals surface area contributed by atoms with E-state index in [2.05, 4.69) is 10.6 Å². The Morgan fingerprint density at radius 3 is 2.58 bits per heavy atom. The van der Waals surface area contributed by atoms with Crippen LogP contribution in [-0.2, 0) is 0 Å². The third-order valence-electron chi connectivity index (χ3n) is 3.20. The summed E-state index contributed by atoms with van der Waals surface area (Å²) in [5.41, 5.74) is -0.208. The number of nitrogens with one attached hydrogen (secondary N) is 2. The van der Waals surface area contributed by atoms with Crippen molar-refractivity contribution >= 4 is 5.91 Å². The minimum Gasteiger partial charge on any atom is -0.352 e. The molecule has 0 radical (unpaired) electrons. The van der Waals surface area contributed by atoms with E-state index in [1.54, 1.807) is 0 Å². The van der Waals surface area contributed by atoms with Gasteiger partial charge in [0.15, 0.2) is 17.5 Å². The lowest BCUT2D eigenvalue weighted by Crippen LogP contribution is -2.38. The van der Waals surface area contributed by atoms with Gasteiger partial charge >= 0.3 is 0 Å². The van der Waals surface area contributed by atoms with Gasteiger partial charge in [-0.05, 0) is 44.0 Å². The molecule has 1 saturated heterocycles. The standard InChI is InChI=1S/C13H15F3N2O/c14-10-4-9(5-11(15)12(10)16)13(19)18-7-8-2-1-3-17-6-8/h4-5,8,17H,1-3,6-7H2,(H,18,19). The molecule has 19 heavy (non-hydrogen) atoms. The maximum atomic E-state index is 13.0. The molecule has 6 heteroatoms. The van der Waals surface area contributed by atoms with Crippen LogP contribution in [0.3, 0.4) is 0 Å². The van der Waals surface area contributed by atoms with Gasteiger partial charge in [0.25, 0.3) is 5.91 Å². The molecule has 0 saturated carbocycles. The van der Waals surface area contributed by atoms with Crippen LogP contribution in [-0.4, -0.2) is 25.5 Å². The van der Waals surface area contributed by atoms with Crippen molar-refractivity contribution < 1.29 is 18.0 Å². The molecular weight excluding hydrogens is 257 g/mol. The summed E-state index contributed by atoms with van der Waals surface area (Å²) in [5.74, 6) is -4.56. The van der Waals surface area contributed by atoms with E-state index in [1.807, 2.05) is 0 Å². The van der Waals surface area contributed by atoms with E-state index < -0.39 is 23.4 Å². The molecule has 0 bridgehead atoms. The maximum absolute atomic E-state index is 13.0. The number of amides is 1. The second kappa shape index (κ2) is 6.06. The lowest BCUT2D eigenvalue weighted by molar-refractivity contribution is 0.0943. The van der Waals surface area contributed by atoms with Crippen LogP contribution in [0.25, 0.3) is 0 Å². The predicted molar refractivity (Wildman–Crippen MR) is 64.2 cm³/mol. The van der Waals surface area contributed by atoms with E-state index in [-0.39, 0.29) is 5.56 Å². The number of hydrogen-bond acceptors (Lipinski definition) is 2. The van der Waals surface area contributed by atoms with Gasteiger partial charge in [0, 0.05) is 12.1 Å². The van der Waals surface area contributed by atoms with E-state index in [4.69, 9.17) is 0 Å². The lowest BCUT2D eigenvalue weighted by atomic mass is 9.99. The average Bonchev–Trinajstić information content (AvgIpc) is 2.42. The minimum atomic E-state index is -1.56. The number of hydrogen-bond donors (Lipinski definition) is 2. The van der Waals surface area contributed by atoms with Crippen molar-refractivity contribution in [3.63, 3.8) is 0 Å². The molecule has 1 heterocycles. The van der Waals surface area contributed by atoms with Crippen molar-refractivity contribution in [1.82, 2.24) is 10.6 Å². The van der Waals surface area contributed by atoms with Crippen molar-refractivity contribution in [3.8, 4) is 0 Å². The summed E-state index contributed by atoms with van der Waals surface area (Å²) in [6.45, 7) is 2.22. The predicted octanol–water partition coefficient (Wildman–Crippen LogP) is 1.83. The normalized spacial score (nSPS) is 19.2. The fourth-order valence-electron chi connectivity index (χ4n) is 2.12. The van der Waals surface area contributed by atoms with Gasteiger partial charge in [0.05, 0.1) is 0 Å². The van der Waals surface area contributed by atoms with Crippen LogP contribution < -0.4 is 10.6 Å². The lowest BCUT2D eigenvalue weighted by Gasteiger charge is -2.22. The first kappa shape index (κ1) is 13.9. The third kappa shape index (κ3) is 3.47. The molecule has 1 fully saturated rings. The highest BCUT2D eigenvalue weighted by Crippen LogP contribution is 2.14. The Balaban J connectivity index is 1.96. The molecule has 1 amide bonds. The SMILES string of the molecule is O=C(NCC1CCCNC1)c1cc(F)c(F)c(F)c1. The molecule has 1 aromatic carbocycles. The second-order valence-corrected chi connectivity index (χ2v) is 4.68. The highest BCUT2D eigenvalue weighted by Gasteiger charge is 2.17. The molecular formula is C13H15F3N2O. The summed E-state index contributed by atoms with van der Waals surface area (Å²) < 4.78 is 38.7. The zero-order valence-electron chi connectivity index (χ0n) is 10.3. The Bertz CT molecular complexity index is 450. The monoisotopic (exact) mass is 272 g/mol. The van der Waals surface area contributed by atoms with Crippen molar-refractivity contribution in [2.45, 2.75) is 12.8 Å². The summed E-state index contributed by atoms with van der Waals surface area (Å²) in [5, 5.41) is 5.81. The summed E-state index contributed by atoms with van der Waals surface area (Å²) in [6.07, 6.45) is 2.04. The Hall–Kier alpha value is -1.56. The number of benzene rings is 1. The topological polar surface area (TPSA) is 41.1 Å². The van der Waals surface area contributed by atoms with Crippen LogP contribution in [0.5, 0.6) is 0 Å². The third-order valence-corrected chi connectivity index (χ3v) is 3.20. The van der Waals surface area contributed by atoms with Crippen LogP contribution in [0.1, 0.15) is 23.2 Å². The zero-order chi connectivity index (χ0) is 13.8. The highest BCUT2D eigenvalue weighted by atomic mass is 19.2. The number of piperidine rings is 1. The Kier molecular flexibility index (Phi) is 4.42.